The number of alkyl halides is 3. The molecule has 3 heterocycles. The molecule has 4 rings (SSSR count). The summed E-state index contributed by atoms with van der Waals surface area (Å²) in [5, 5.41) is 4.02. The molecule has 1 fully saturated rings. The minimum Gasteiger partial charge on any atom is -0.332 e. The number of fused-ring (bicyclic) bond motifs is 1. The number of carbonyl (C=O) groups is 1. The van der Waals surface area contributed by atoms with Gasteiger partial charge in [0.1, 0.15) is 0 Å². The van der Waals surface area contributed by atoms with Crippen LogP contribution in [0, 0.1) is 5.92 Å². The van der Waals surface area contributed by atoms with Crippen LogP contribution >= 0.6 is 0 Å². The van der Waals surface area contributed by atoms with Crippen LogP contribution in [-0.4, -0.2) is 37.5 Å². The summed E-state index contributed by atoms with van der Waals surface area (Å²) in [5.74, 6) is 0.133. The summed E-state index contributed by atoms with van der Waals surface area (Å²) in [7, 11) is 0. The number of hydrogen-bond acceptors (Lipinski definition) is 3. The van der Waals surface area contributed by atoms with Gasteiger partial charge < -0.3 is 4.90 Å². The van der Waals surface area contributed by atoms with Crippen LogP contribution in [0.1, 0.15) is 49.8 Å². The Bertz CT molecular complexity index is 1070. The van der Waals surface area contributed by atoms with Gasteiger partial charge in [-0.15, -0.1) is 0 Å². The predicted octanol–water partition coefficient (Wildman–Crippen LogP) is 5.06. The Morgan fingerprint density at radius 1 is 1.03 bits per heavy atom. The number of hydrogen-bond donors (Lipinski definition) is 0. The molecule has 158 valence electrons. The standard InChI is InChI=1S/C22H23F3N4O/c1-13-9-14(2)28(15(3)10-13)21(30)18-12-20-26-17(16-7-5-4-6-8-16)11-19(22(23,24)25)29(20)27-18/h4-8,11-15H,9-10H2,1-3H3. The Morgan fingerprint density at radius 3 is 2.27 bits per heavy atom. The van der Waals surface area contributed by atoms with Crippen LogP contribution in [-0.2, 0) is 6.18 Å². The molecule has 0 saturated carbocycles. The average molecular weight is 416 g/mol. The molecule has 8 heteroatoms. The maximum Gasteiger partial charge on any atom is 0.433 e. The Balaban J connectivity index is 1.81. The van der Waals surface area contributed by atoms with Crippen molar-refractivity contribution in [3.05, 3.63) is 53.9 Å². The van der Waals surface area contributed by atoms with Crippen molar-refractivity contribution in [2.45, 2.75) is 51.9 Å². The van der Waals surface area contributed by atoms with E-state index in [1.807, 2.05) is 13.8 Å². The van der Waals surface area contributed by atoms with Gasteiger partial charge in [0, 0.05) is 23.7 Å². The van der Waals surface area contributed by atoms with Crippen molar-refractivity contribution in [2.24, 2.45) is 5.92 Å². The molecule has 5 nitrogen and oxygen atoms in total. The molecule has 0 bridgehead atoms. The lowest BCUT2D eigenvalue weighted by molar-refractivity contribution is -0.142. The van der Waals surface area contributed by atoms with Crippen LogP contribution in [0.3, 0.4) is 0 Å². The second kappa shape index (κ2) is 7.41. The van der Waals surface area contributed by atoms with Crippen molar-refractivity contribution in [1.29, 1.82) is 0 Å². The van der Waals surface area contributed by atoms with Gasteiger partial charge >= 0.3 is 6.18 Å². The van der Waals surface area contributed by atoms with Gasteiger partial charge in [0.15, 0.2) is 17.0 Å². The van der Waals surface area contributed by atoms with Crippen molar-refractivity contribution in [2.75, 3.05) is 0 Å². The number of benzene rings is 1. The first-order chi connectivity index (χ1) is 14.1. The summed E-state index contributed by atoms with van der Waals surface area (Å²) in [6.07, 6.45) is -2.93. The lowest BCUT2D eigenvalue weighted by Gasteiger charge is -2.41. The van der Waals surface area contributed by atoms with Gasteiger partial charge in [-0.3, -0.25) is 4.79 Å². The molecular weight excluding hydrogens is 393 g/mol. The lowest BCUT2D eigenvalue weighted by atomic mass is 9.88. The van der Waals surface area contributed by atoms with Gasteiger partial charge in [-0.05, 0) is 38.7 Å². The van der Waals surface area contributed by atoms with E-state index in [-0.39, 0.29) is 35.0 Å². The maximum absolute atomic E-state index is 13.8. The summed E-state index contributed by atoms with van der Waals surface area (Å²) < 4.78 is 42.0. The fourth-order valence-electron chi connectivity index (χ4n) is 4.49. The smallest absolute Gasteiger partial charge is 0.332 e. The maximum atomic E-state index is 13.8. The Hall–Kier alpha value is -2.90. The molecule has 0 radical (unpaired) electrons. The highest BCUT2D eigenvalue weighted by Gasteiger charge is 2.37. The summed E-state index contributed by atoms with van der Waals surface area (Å²) in [6, 6.07) is 11.0. The van der Waals surface area contributed by atoms with Crippen molar-refractivity contribution in [3.8, 4) is 11.3 Å². The molecule has 2 aromatic heterocycles. The average Bonchev–Trinajstić information content (AvgIpc) is 3.10. The van der Waals surface area contributed by atoms with Crippen molar-refractivity contribution >= 4 is 11.6 Å². The number of aromatic nitrogens is 3. The minimum absolute atomic E-state index is 0.00212. The van der Waals surface area contributed by atoms with E-state index in [1.54, 1.807) is 35.2 Å². The van der Waals surface area contributed by atoms with Crippen LogP contribution in [0.5, 0.6) is 0 Å². The Morgan fingerprint density at radius 2 is 1.67 bits per heavy atom. The van der Waals surface area contributed by atoms with E-state index in [1.165, 1.54) is 6.07 Å². The first-order valence-electron chi connectivity index (χ1n) is 10.0. The van der Waals surface area contributed by atoms with E-state index in [0.717, 1.165) is 23.4 Å². The number of nitrogens with zero attached hydrogens (tertiary/aromatic N) is 4. The van der Waals surface area contributed by atoms with E-state index < -0.39 is 11.9 Å². The SMILES string of the molecule is CC1CC(C)N(C(=O)c2cc3nc(-c4ccccc4)cc(C(F)(F)F)n3n2)C(C)C1. The Kier molecular flexibility index (Phi) is 5.03. The largest absolute Gasteiger partial charge is 0.433 e. The van der Waals surface area contributed by atoms with Crippen LogP contribution < -0.4 is 0 Å². The van der Waals surface area contributed by atoms with Crippen LogP contribution in [0.15, 0.2) is 42.5 Å². The zero-order valence-electron chi connectivity index (χ0n) is 17.0. The molecule has 30 heavy (non-hydrogen) atoms. The van der Waals surface area contributed by atoms with Crippen molar-refractivity contribution in [1.82, 2.24) is 19.5 Å². The van der Waals surface area contributed by atoms with Gasteiger partial charge in [0.2, 0.25) is 0 Å². The molecule has 3 aromatic rings. The molecule has 1 amide bonds. The first kappa shape index (κ1) is 20.4. The molecular formula is C22H23F3N4O. The summed E-state index contributed by atoms with van der Waals surface area (Å²) in [5.41, 5.74) is -0.238. The van der Waals surface area contributed by atoms with Crippen molar-refractivity contribution in [3.63, 3.8) is 0 Å². The molecule has 1 aliphatic heterocycles. The lowest BCUT2D eigenvalue weighted by Crippen LogP contribution is -2.49. The van der Waals surface area contributed by atoms with E-state index in [4.69, 9.17) is 0 Å². The van der Waals surface area contributed by atoms with Gasteiger partial charge in [-0.25, -0.2) is 9.50 Å². The second-order valence-electron chi connectivity index (χ2n) is 8.18. The van der Waals surface area contributed by atoms with Gasteiger partial charge in [-0.2, -0.15) is 18.3 Å². The Labute approximate surface area is 172 Å². The third-order valence-electron chi connectivity index (χ3n) is 5.68. The highest BCUT2D eigenvalue weighted by molar-refractivity contribution is 5.94. The molecule has 1 aliphatic rings. The molecule has 0 spiro atoms. The highest BCUT2D eigenvalue weighted by atomic mass is 19.4. The fraction of sp³-hybridized carbons (Fsp3) is 0.409. The van der Waals surface area contributed by atoms with Crippen molar-refractivity contribution < 1.29 is 18.0 Å². The molecule has 0 N–H and O–H groups in total. The van der Waals surface area contributed by atoms with E-state index in [2.05, 4.69) is 17.0 Å². The number of piperidine rings is 1. The fourth-order valence-corrected chi connectivity index (χ4v) is 4.49. The molecule has 1 saturated heterocycles. The third kappa shape index (κ3) is 3.66. The van der Waals surface area contributed by atoms with E-state index >= 15 is 0 Å². The predicted molar refractivity (Wildman–Crippen MR) is 107 cm³/mol. The normalized spacial score (nSPS) is 22.5. The number of amides is 1. The van der Waals surface area contributed by atoms with Crippen LogP contribution in [0.4, 0.5) is 13.2 Å². The zero-order chi connectivity index (χ0) is 21.6. The van der Waals surface area contributed by atoms with E-state index in [9.17, 15) is 18.0 Å². The monoisotopic (exact) mass is 416 g/mol. The number of rotatable bonds is 2. The zero-order valence-corrected chi connectivity index (χ0v) is 17.0. The first-order valence-corrected chi connectivity index (χ1v) is 10.0. The molecule has 1 aromatic carbocycles. The van der Waals surface area contributed by atoms with Gasteiger partial charge in [0.25, 0.3) is 5.91 Å². The minimum atomic E-state index is -4.64. The highest BCUT2D eigenvalue weighted by Crippen LogP contribution is 2.33. The number of halogens is 3. The molecule has 2 atom stereocenters. The summed E-state index contributed by atoms with van der Waals surface area (Å²) in [6.45, 7) is 6.07. The van der Waals surface area contributed by atoms with Crippen LogP contribution in [0.2, 0.25) is 0 Å². The third-order valence-corrected chi connectivity index (χ3v) is 5.68. The summed E-state index contributed by atoms with van der Waals surface area (Å²) in [4.78, 5) is 19.2. The summed E-state index contributed by atoms with van der Waals surface area (Å²) >= 11 is 0. The molecule has 2 unspecified atom stereocenters. The number of carbonyl (C=O) groups excluding carboxylic acids is 1. The van der Waals surface area contributed by atoms with Crippen LogP contribution in [0.25, 0.3) is 16.9 Å². The van der Waals surface area contributed by atoms with Gasteiger partial charge in [-0.1, -0.05) is 37.3 Å². The quantitative estimate of drug-likeness (QED) is 0.587. The number of likely N-dealkylation sites (tertiary alicyclic amines) is 1. The van der Waals surface area contributed by atoms with E-state index in [0.29, 0.717) is 11.5 Å². The molecule has 0 aliphatic carbocycles. The second-order valence-corrected chi connectivity index (χ2v) is 8.18. The topological polar surface area (TPSA) is 50.5 Å². The van der Waals surface area contributed by atoms with Gasteiger partial charge in [0.05, 0.1) is 5.69 Å².